The van der Waals surface area contributed by atoms with Crippen molar-refractivity contribution in [3.05, 3.63) is 0 Å². The van der Waals surface area contributed by atoms with Gasteiger partial charge in [-0.3, -0.25) is 4.90 Å². The Morgan fingerprint density at radius 3 is 2.75 bits per heavy atom. The molecule has 0 aromatic heterocycles. The van der Waals surface area contributed by atoms with Crippen LogP contribution in [-0.2, 0) is 14.7 Å². The fourth-order valence-electron chi connectivity index (χ4n) is 2.83. The normalized spacial score (nSPS) is 35.3. The SMILES string of the molecule is NOCC1CCCCN1C1CCS(=O)(=O)C1. The van der Waals surface area contributed by atoms with Gasteiger partial charge in [0.15, 0.2) is 9.84 Å². The van der Waals surface area contributed by atoms with Crippen LogP contribution < -0.4 is 5.90 Å². The highest BCUT2D eigenvalue weighted by molar-refractivity contribution is 7.91. The molecule has 2 aliphatic rings. The molecule has 94 valence electrons. The first-order chi connectivity index (χ1) is 7.62. The minimum atomic E-state index is -2.80. The molecule has 5 nitrogen and oxygen atoms in total. The molecule has 2 saturated heterocycles. The predicted octanol–water partition coefficient (Wildman–Crippen LogP) is -0.0817. The quantitative estimate of drug-likeness (QED) is 0.707. The Hall–Kier alpha value is -0.170. The van der Waals surface area contributed by atoms with Gasteiger partial charge in [0, 0.05) is 12.1 Å². The first-order valence-electron chi connectivity index (χ1n) is 5.90. The van der Waals surface area contributed by atoms with Crippen LogP contribution in [-0.4, -0.2) is 50.1 Å². The van der Waals surface area contributed by atoms with Gasteiger partial charge in [0.2, 0.25) is 0 Å². The maximum absolute atomic E-state index is 11.5. The summed E-state index contributed by atoms with van der Waals surface area (Å²) < 4.78 is 22.9. The predicted molar refractivity (Wildman–Crippen MR) is 61.5 cm³/mol. The van der Waals surface area contributed by atoms with Gasteiger partial charge >= 0.3 is 0 Å². The first kappa shape index (κ1) is 12.3. The number of nitrogens with two attached hydrogens (primary N) is 1. The molecule has 16 heavy (non-hydrogen) atoms. The van der Waals surface area contributed by atoms with Gasteiger partial charge in [-0.2, -0.15) is 0 Å². The molecule has 2 unspecified atom stereocenters. The zero-order valence-corrected chi connectivity index (χ0v) is 10.3. The summed E-state index contributed by atoms with van der Waals surface area (Å²) in [7, 11) is -2.80. The molecule has 2 N–H and O–H groups in total. The molecule has 2 heterocycles. The van der Waals surface area contributed by atoms with Crippen LogP contribution in [0.1, 0.15) is 25.7 Å². The van der Waals surface area contributed by atoms with E-state index in [2.05, 4.69) is 4.90 Å². The van der Waals surface area contributed by atoms with Gasteiger partial charge in [0.1, 0.15) is 0 Å². The van der Waals surface area contributed by atoms with E-state index in [1.807, 2.05) is 0 Å². The number of likely N-dealkylation sites (tertiary alicyclic amines) is 1. The maximum Gasteiger partial charge on any atom is 0.151 e. The number of hydrogen-bond acceptors (Lipinski definition) is 5. The van der Waals surface area contributed by atoms with Crippen molar-refractivity contribution >= 4 is 9.84 Å². The summed E-state index contributed by atoms with van der Waals surface area (Å²) >= 11 is 0. The standard InChI is InChI=1S/C10H20N2O3S/c11-15-7-9-3-1-2-5-12(9)10-4-6-16(13,14)8-10/h9-10H,1-8,11H2. The Bertz CT molecular complexity index is 329. The summed E-state index contributed by atoms with van der Waals surface area (Å²) in [5, 5.41) is 0. The highest BCUT2D eigenvalue weighted by atomic mass is 32.2. The first-order valence-corrected chi connectivity index (χ1v) is 7.72. The topological polar surface area (TPSA) is 72.6 Å². The Balaban J connectivity index is 2.00. The van der Waals surface area contributed by atoms with Crippen LogP contribution in [0.25, 0.3) is 0 Å². The molecule has 0 spiro atoms. The van der Waals surface area contributed by atoms with E-state index in [4.69, 9.17) is 10.7 Å². The Morgan fingerprint density at radius 1 is 1.31 bits per heavy atom. The highest BCUT2D eigenvalue weighted by Gasteiger charge is 2.36. The summed E-state index contributed by atoms with van der Waals surface area (Å²) in [6.07, 6.45) is 4.17. The molecule has 0 aliphatic carbocycles. The molecule has 0 bridgehead atoms. The van der Waals surface area contributed by atoms with Crippen LogP contribution in [0.4, 0.5) is 0 Å². The van der Waals surface area contributed by atoms with Gasteiger partial charge in [0.25, 0.3) is 0 Å². The second-order valence-corrected chi connectivity index (χ2v) is 7.01. The van der Waals surface area contributed by atoms with Crippen LogP contribution in [0.5, 0.6) is 0 Å². The minimum absolute atomic E-state index is 0.186. The third-order valence-electron chi connectivity index (χ3n) is 3.64. The summed E-state index contributed by atoms with van der Waals surface area (Å²) in [5.74, 6) is 5.78. The van der Waals surface area contributed by atoms with Crippen molar-refractivity contribution in [3.8, 4) is 0 Å². The number of hydrogen-bond donors (Lipinski definition) is 1. The summed E-state index contributed by atoms with van der Waals surface area (Å²) in [4.78, 5) is 7.02. The van der Waals surface area contributed by atoms with Gasteiger partial charge in [-0.15, -0.1) is 0 Å². The van der Waals surface area contributed by atoms with Gasteiger partial charge in [-0.1, -0.05) is 6.42 Å². The molecule has 2 aliphatic heterocycles. The maximum atomic E-state index is 11.5. The van der Waals surface area contributed by atoms with Crippen molar-refractivity contribution in [2.45, 2.75) is 37.8 Å². The monoisotopic (exact) mass is 248 g/mol. The van der Waals surface area contributed by atoms with E-state index in [1.165, 1.54) is 6.42 Å². The zero-order valence-electron chi connectivity index (χ0n) is 9.47. The van der Waals surface area contributed by atoms with E-state index in [0.717, 1.165) is 25.8 Å². The Labute approximate surface area is 96.8 Å². The van der Waals surface area contributed by atoms with E-state index in [-0.39, 0.29) is 6.04 Å². The average molecular weight is 248 g/mol. The minimum Gasteiger partial charge on any atom is -0.303 e. The van der Waals surface area contributed by atoms with Crippen LogP contribution in [0.15, 0.2) is 0 Å². The van der Waals surface area contributed by atoms with Crippen molar-refractivity contribution in [1.29, 1.82) is 0 Å². The summed E-state index contributed by atoms with van der Waals surface area (Å²) in [6.45, 7) is 1.49. The lowest BCUT2D eigenvalue weighted by atomic mass is 10.00. The number of nitrogens with zero attached hydrogens (tertiary/aromatic N) is 1. The molecule has 2 fully saturated rings. The molecule has 6 heteroatoms. The van der Waals surface area contributed by atoms with Crippen LogP contribution in [0, 0.1) is 0 Å². The molecular formula is C10H20N2O3S. The van der Waals surface area contributed by atoms with Crippen LogP contribution in [0.2, 0.25) is 0 Å². The molecule has 0 amide bonds. The van der Waals surface area contributed by atoms with E-state index in [0.29, 0.717) is 24.2 Å². The smallest absolute Gasteiger partial charge is 0.151 e. The second kappa shape index (κ2) is 5.00. The van der Waals surface area contributed by atoms with Crippen molar-refractivity contribution in [3.63, 3.8) is 0 Å². The van der Waals surface area contributed by atoms with E-state index < -0.39 is 9.84 Å². The number of sulfone groups is 1. The lowest BCUT2D eigenvalue weighted by Crippen LogP contribution is -2.49. The van der Waals surface area contributed by atoms with E-state index in [9.17, 15) is 8.42 Å². The van der Waals surface area contributed by atoms with Gasteiger partial charge < -0.3 is 4.84 Å². The van der Waals surface area contributed by atoms with E-state index in [1.54, 1.807) is 0 Å². The number of piperidine rings is 1. The molecule has 0 aromatic rings. The van der Waals surface area contributed by atoms with Crippen molar-refractivity contribution in [1.82, 2.24) is 4.90 Å². The molecule has 0 radical (unpaired) electrons. The van der Waals surface area contributed by atoms with Gasteiger partial charge in [-0.25, -0.2) is 14.3 Å². The second-order valence-electron chi connectivity index (χ2n) is 4.78. The number of rotatable bonds is 3. The van der Waals surface area contributed by atoms with Crippen LogP contribution >= 0.6 is 0 Å². The van der Waals surface area contributed by atoms with Crippen molar-refractivity contribution < 1.29 is 13.3 Å². The third-order valence-corrected chi connectivity index (χ3v) is 5.39. The van der Waals surface area contributed by atoms with Crippen LogP contribution in [0.3, 0.4) is 0 Å². The molecule has 2 atom stereocenters. The van der Waals surface area contributed by atoms with E-state index >= 15 is 0 Å². The van der Waals surface area contributed by atoms with Crippen molar-refractivity contribution in [2.24, 2.45) is 5.90 Å². The summed E-state index contributed by atoms with van der Waals surface area (Å²) in [5.41, 5.74) is 0. The molecule has 0 aromatic carbocycles. The van der Waals surface area contributed by atoms with Gasteiger partial charge in [-0.05, 0) is 25.8 Å². The molecule has 2 rings (SSSR count). The molecule has 0 saturated carbocycles. The lowest BCUT2D eigenvalue weighted by Gasteiger charge is -2.38. The molecular weight excluding hydrogens is 228 g/mol. The summed E-state index contributed by atoms with van der Waals surface area (Å²) in [6, 6.07) is 0.488. The fraction of sp³-hybridized carbons (Fsp3) is 1.00. The zero-order chi connectivity index (χ0) is 11.6. The Kier molecular flexibility index (Phi) is 3.84. The Morgan fingerprint density at radius 2 is 2.12 bits per heavy atom. The fourth-order valence-corrected chi connectivity index (χ4v) is 4.57. The largest absolute Gasteiger partial charge is 0.303 e. The van der Waals surface area contributed by atoms with Gasteiger partial charge in [0.05, 0.1) is 18.1 Å². The highest BCUT2D eigenvalue weighted by Crippen LogP contribution is 2.25. The average Bonchev–Trinajstić information content (AvgIpc) is 2.60. The third kappa shape index (κ3) is 2.74. The lowest BCUT2D eigenvalue weighted by molar-refractivity contribution is 0.0223. The van der Waals surface area contributed by atoms with Crippen molar-refractivity contribution in [2.75, 3.05) is 24.7 Å².